The van der Waals surface area contributed by atoms with E-state index in [1.165, 1.54) is 12.3 Å². The van der Waals surface area contributed by atoms with Crippen LogP contribution in [0.25, 0.3) is 11.3 Å². The minimum Gasteiger partial charge on any atom is -0.455 e. The zero-order valence-electron chi connectivity index (χ0n) is 13.7. The number of nitrogens with zero attached hydrogens (tertiary/aromatic N) is 2. The largest absolute Gasteiger partial charge is 0.455 e. The van der Waals surface area contributed by atoms with Crippen molar-refractivity contribution in [2.45, 2.75) is 6.42 Å². The lowest BCUT2D eigenvalue weighted by atomic mass is 10.1. The standard InChI is InChI=1S/C19H15N3O4/c23-19(12-14-6-2-1-3-7-14)21-20-13-15-10-11-18(26-15)16-8-4-5-9-17(16)22(24)25/h1-11,13H,12H2,(H,21,23)/b20-13-. The van der Waals surface area contributed by atoms with Crippen LogP contribution in [0.5, 0.6) is 0 Å². The van der Waals surface area contributed by atoms with Crippen LogP contribution < -0.4 is 5.43 Å². The molecule has 0 atom stereocenters. The van der Waals surface area contributed by atoms with Crippen molar-refractivity contribution in [1.29, 1.82) is 0 Å². The zero-order valence-corrected chi connectivity index (χ0v) is 13.7. The van der Waals surface area contributed by atoms with E-state index in [4.69, 9.17) is 4.42 Å². The lowest BCUT2D eigenvalue weighted by molar-refractivity contribution is -0.384. The molecule has 130 valence electrons. The second-order valence-corrected chi connectivity index (χ2v) is 5.43. The first-order valence-electron chi connectivity index (χ1n) is 7.83. The molecular formula is C19H15N3O4. The Morgan fingerprint density at radius 1 is 1.08 bits per heavy atom. The van der Waals surface area contributed by atoms with Crippen molar-refractivity contribution < 1.29 is 14.1 Å². The van der Waals surface area contributed by atoms with Crippen molar-refractivity contribution in [1.82, 2.24) is 5.43 Å². The van der Waals surface area contributed by atoms with Crippen LogP contribution in [-0.2, 0) is 11.2 Å². The number of nitro groups is 1. The molecule has 0 bridgehead atoms. The molecule has 7 nitrogen and oxygen atoms in total. The van der Waals surface area contributed by atoms with Crippen LogP contribution in [0.3, 0.4) is 0 Å². The van der Waals surface area contributed by atoms with Crippen molar-refractivity contribution in [2.75, 3.05) is 0 Å². The molecule has 1 amide bonds. The monoisotopic (exact) mass is 349 g/mol. The number of hydrogen-bond donors (Lipinski definition) is 1. The summed E-state index contributed by atoms with van der Waals surface area (Å²) in [7, 11) is 0. The van der Waals surface area contributed by atoms with E-state index in [2.05, 4.69) is 10.5 Å². The van der Waals surface area contributed by atoms with Gasteiger partial charge in [0.25, 0.3) is 5.69 Å². The predicted molar refractivity (Wildman–Crippen MR) is 96.7 cm³/mol. The van der Waals surface area contributed by atoms with Crippen LogP contribution in [0.1, 0.15) is 11.3 Å². The maximum Gasteiger partial charge on any atom is 0.280 e. The molecule has 1 heterocycles. The first-order valence-corrected chi connectivity index (χ1v) is 7.83. The van der Waals surface area contributed by atoms with Gasteiger partial charge in [-0.25, -0.2) is 5.43 Å². The zero-order chi connectivity index (χ0) is 18.4. The van der Waals surface area contributed by atoms with E-state index < -0.39 is 4.92 Å². The number of nitrogens with one attached hydrogen (secondary N) is 1. The Bertz CT molecular complexity index is 948. The van der Waals surface area contributed by atoms with E-state index >= 15 is 0 Å². The average Bonchev–Trinajstić information content (AvgIpc) is 3.11. The number of hydrogen-bond acceptors (Lipinski definition) is 5. The normalized spacial score (nSPS) is 10.8. The summed E-state index contributed by atoms with van der Waals surface area (Å²) in [5, 5.41) is 14.9. The molecule has 3 rings (SSSR count). The van der Waals surface area contributed by atoms with E-state index in [9.17, 15) is 14.9 Å². The number of amides is 1. The first-order chi connectivity index (χ1) is 12.6. The smallest absolute Gasteiger partial charge is 0.280 e. The van der Waals surface area contributed by atoms with Crippen LogP contribution in [0.4, 0.5) is 5.69 Å². The van der Waals surface area contributed by atoms with Crippen LogP contribution in [0.15, 0.2) is 76.2 Å². The molecule has 0 fully saturated rings. The van der Waals surface area contributed by atoms with E-state index in [0.717, 1.165) is 5.56 Å². The maximum absolute atomic E-state index is 11.8. The van der Waals surface area contributed by atoms with Gasteiger partial charge in [-0.15, -0.1) is 0 Å². The van der Waals surface area contributed by atoms with Crippen molar-refractivity contribution in [3.63, 3.8) is 0 Å². The average molecular weight is 349 g/mol. The highest BCUT2D eigenvalue weighted by atomic mass is 16.6. The molecule has 0 spiro atoms. The van der Waals surface area contributed by atoms with Gasteiger partial charge in [0.15, 0.2) is 0 Å². The second kappa shape index (κ2) is 7.89. The van der Waals surface area contributed by atoms with E-state index in [-0.39, 0.29) is 18.0 Å². The molecule has 1 aromatic heterocycles. The van der Waals surface area contributed by atoms with Gasteiger partial charge in [0.1, 0.15) is 11.5 Å². The van der Waals surface area contributed by atoms with Gasteiger partial charge in [-0.1, -0.05) is 42.5 Å². The number of carbonyl (C=O) groups excluding carboxylic acids is 1. The molecule has 26 heavy (non-hydrogen) atoms. The molecule has 7 heteroatoms. The van der Waals surface area contributed by atoms with Crippen LogP contribution >= 0.6 is 0 Å². The Kier molecular flexibility index (Phi) is 5.19. The van der Waals surface area contributed by atoms with Gasteiger partial charge < -0.3 is 4.42 Å². The maximum atomic E-state index is 11.8. The SMILES string of the molecule is O=C(Cc1ccccc1)N/N=C\c1ccc(-c2ccccc2[N+](=O)[O-])o1. The Morgan fingerprint density at radius 3 is 2.58 bits per heavy atom. The molecule has 3 aromatic rings. The Labute approximate surface area is 149 Å². The fourth-order valence-electron chi connectivity index (χ4n) is 2.40. The molecular weight excluding hydrogens is 334 g/mol. The minimum atomic E-state index is -0.463. The van der Waals surface area contributed by atoms with Gasteiger partial charge in [-0.3, -0.25) is 14.9 Å². The number of para-hydroxylation sites is 1. The number of benzene rings is 2. The van der Waals surface area contributed by atoms with E-state index in [1.807, 2.05) is 30.3 Å². The summed E-state index contributed by atoms with van der Waals surface area (Å²) in [5.74, 6) is 0.477. The third kappa shape index (κ3) is 4.21. The Morgan fingerprint density at radius 2 is 1.81 bits per heavy atom. The van der Waals surface area contributed by atoms with Gasteiger partial charge in [-0.2, -0.15) is 5.10 Å². The molecule has 0 aliphatic heterocycles. The quantitative estimate of drug-likeness (QED) is 0.418. The summed E-state index contributed by atoms with van der Waals surface area (Å²) in [6.45, 7) is 0. The van der Waals surface area contributed by atoms with Crippen molar-refractivity contribution in [3.05, 3.63) is 88.2 Å². The first kappa shape index (κ1) is 17.1. The van der Waals surface area contributed by atoms with Crippen LogP contribution in [0.2, 0.25) is 0 Å². The third-order valence-electron chi connectivity index (χ3n) is 3.58. The minimum absolute atomic E-state index is 0.0403. The van der Waals surface area contributed by atoms with Crippen molar-refractivity contribution >= 4 is 17.8 Å². The molecule has 0 saturated heterocycles. The summed E-state index contributed by atoms with van der Waals surface area (Å²) in [5.41, 5.74) is 3.65. The van der Waals surface area contributed by atoms with E-state index in [1.54, 1.807) is 30.3 Å². The van der Waals surface area contributed by atoms with Gasteiger partial charge in [0, 0.05) is 6.07 Å². The van der Waals surface area contributed by atoms with E-state index in [0.29, 0.717) is 17.1 Å². The third-order valence-corrected chi connectivity index (χ3v) is 3.58. The molecule has 0 aliphatic rings. The molecule has 0 saturated carbocycles. The number of nitro benzene ring substituents is 1. The van der Waals surface area contributed by atoms with Gasteiger partial charge in [-0.05, 0) is 23.8 Å². The lowest BCUT2D eigenvalue weighted by Gasteiger charge is -1.99. The van der Waals surface area contributed by atoms with Crippen molar-refractivity contribution in [2.24, 2.45) is 5.10 Å². The summed E-state index contributed by atoms with van der Waals surface area (Å²) < 4.78 is 5.56. The fraction of sp³-hybridized carbons (Fsp3) is 0.0526. The predicted octanol–water partition coefficient (Wildman–Crippen LogP) is 3.55. The topological polar surface area (TPSA) is 97.7 Å². The summed E-state index contributed by atoms with van der Waals surface area (Å²) in [6.07, 6.45) is 1.57. The summed E-state index contributed by atoms with van der Waals surface area (Å²) >= 11 is 0. The molecule has 0 aliphatic carbocycles. The Balaban J connectivity index is 1.64. The van der Waals surface area contributed by atoms with Gasteiger partial charge in [0.2, 0.25) is 5.91 Å². The number of carbonyl (C=O) groups is 1. The van der Waals surface area contributed by atoms with Crippen molar-refractivity contribution in [3.8, 4) is 11.3 Å². The van der Waals surface area contributed by atoms with Crippen LogP contribution in [-0.4, -0.2) is 17.0 Å². The Hall–Kier alpha value is -3.74. The number of hydrazone groups is 1. The highest BCUT2D eigenvalue weighted by molar-refractivity contribution is 5.82. The van der Waals surface area contributed by atoms with Gasteiger partial charge >= 0.3 is 0 Å². The number of furan rings is 1. The second-order valence-electron chi connectivity index (χ2n) is 5.43. The molecule has 0 radical (unpaired) electrons. The lowest BCUT2D eigenvalue weighted by Crippen LogP contribution is -2.19. The fourth-order valence-corrected chi connectivity index (χ4v) is 2.40. The highest BCUT2D eigenvalue weighted by Gasteiger charge is 2.16. The van der Waals surface area contributed by atoms with Crippen LogP contribution in [0, 0.1) is 10.1 Å². The molecule has 1 N–H and O–H groups in total. The molecule has 2 aromatic carbocycles. The summed E-state index contributed by atoms with van der Waals surface area (Å²) in [4.78, 5) is 22.4. The summed E-state index contributed by atoms with van der Waals surface area (Å²) in [6, 6.07) is 18.9. The molecule has 0 unspecified atom stereocenters. The van der Waals surface area contributed by atoms with Gasteiger partial charge in [0.05, 0.1) is 23.1 Å². The number of rotatable bonds is 6. The highest BCUT2D eigenvalue weighted by Crippen LogP contribution is 2.30.